The number of hydrogen-bond donors (Lipinski definition) is 1. The summed E-state index contributed by atoms with van der Waals surface area (Å²) in [5, 5.41) is 9.56. The van der Waals surface area contributed by atoms with Gasteiger partial charge in [-0.05, 0) is 30.2 Å². The van der Waals surface area contributed by atoms with Crippen molar-refractivity contribution in [3.05, 3.63) is 35.9 Å². The van der Waals surface area contributed by atoms with Crippen LogP contribution in [-0.2, 0) is 10.3 Å². The van der Waals surface area contributed by atoms with Crippen LogP contribution in [0.3, 0.4) is 0 Å². The summed E-state index contributed by atoms with van der Waals surface area (Å²) in [6, 6.07) is 10.1. The van der Waals surface area contributed by atoms with Gasteiger partial charge in [-0.25, -0.2) is 0 Å². The van der Waals surface area contributed by atoms with Crippen LogP contribution in [0.25, 0.3) is 0 Å². The van der Waals surface area contributed by atoms with Crippen LogP contribution < -0.4 is 0 Å². The maximum absolute atomic E-state index is 11.6. The number of carbonyl (C=O) groups is 1. The fourth-order valence-corrected chi connectivity index (χ4v) is 4.02. The monoisotopic (exact) mass is 259 g/mol. The summed E-state index contributed by atoms with van der Waals surface area (Å²) >= 11 is 0. The molecule has 1 aliphatic carbocycles. The van der Waals surface area contributed by atoms with Crippen LogP contribution in [0.4, 0.5) is 0 Å². The van der Waals surface area contributed by atoms with Crippen LogP contribution in [0.15, 0.2) is 30.3 Å². The molecule has 2 aliphatic heterocycles. The smallest absolute Gasteiger partial charge is 0.321 e. The third-order valence-electron chi connectivity index (χ3n) is 4.79. The van der Waals surface area contributed by atoms with Gasteiger partial charge in [0.2, 0.25) is 0 Å². The molecule has 3 aliphatic rings. The van der Waals surface area contributed by atoms with Crippen molar-refractivity contribution in [3.8, 4) is 0 Å². The number of nitrogens with zero attached hydrogens (tertiary/aromatic N) is 1. The van der Waals surface area contributed by atoms with Crippen LogP contribution in [-0.4, -0.2) is 28.6 Å². The van der Waals surface area contributed by atoms with Crippen molar-refractivity contribution in [2.45, 2.75) is 38.3 Å². The Kier molecular flexibility index (Phi) is 2.90. The summed E-state index contributed by atoms with van der Waals surface area (Å²) in [6.07, 6.45) is 2.24. The molecule has 2 bridgehead atoms. The highest BCUT2D eigenvalue weighted by molar-refractivity contribution is 5.74. The van der Waals surface area contributed by atoms with E-state index < -0.39 is 5.97 Å². The number of hydrogen-bond acceptors (Lipinski definition) is 2. The molecule has 3 heteroatoms. The summed E-state index contributed by atoms with van der Waals surface area (Å²) in [6.45, 7) is 4.95. The molecule has 1 N–H and O–H groups in total. The van der Waals surface area contributed by atoms with Crippen LogP contribution in [0, 0.1) is 11.8 Å². The Morgan fingerprint density at radius 3 is 2.47 bits per heavy atom. The Hall–Kier alpha value is -1.35. The number of benzene rings is 1. The van der Waals surface area contributed by atoms with Crippen molar-refractivity contribution in [1.82, 2.24) is 4.90 Å². The van der Waals surface area contributed by atoms with E-state index in [0.717, 1.165) is 19.4 Å². The average Bonchev–Trinajstić information content (AvgIpc) is 2.84. The molecular weight excluding hydrogens is 238 g/mol. The van der Waals surface area contributed by atoms with E-state index in [1.54, 1.807) is 0 Å². The van der Waals surface area contributed by atoms with Gasteiger partial charge in [-0.1, -0.05) is 44.2 Å². The molecule has 1 aromatic carbocycles. The molecule has 0 radical (unpaired) electrons. The first kappa shape index (κ1) is 12.7. The fourth-order valence-electron chi connectivity index (χ4n) is 4.02. The third-order valence-corrected chi connectivity index (χ3v) is 4.79. The second kappa shape index (κ2) is 4.34. The Balaban J connectivity index is 1.96. The lowest BCUT2D eigenvalue weighted by molar-refractivity contribution is -0.147. The Morgan fingerprint density at radius 1 is 1.32 bits per heavy atom. The van der Waals surface area contributed by atoms with Gasteiger partial charge in [-0.3, -0.25) is 9.69 Å². The van der Waals surface area contributed by atoms with Crippen LogP contribution in [0.2, 0.25) is 0 Å². The van der Waals surface area contributed by atoms with E-state index in [1.807, 2.05) is 19.9 Å². The molecule has 102 valence electrons. The SMILES string of the molecule is CC(C)[C@@H](C(=O)O)N1CC2CC1(c1ccccc1)C2. The van der Waals surface area contributed by atoms with E-state index in [0.29, 0.717) is 5.92 Å². The zero-order chi connectivity index (χ0) is 13.6. The first-order valence-electron chi connectivity index (χ1n) is 7.10. The predicted molar refractivity (Wildman–Crippen MR) is 73.8 cm³/mol. The number of aliphatic carboxylic acids is 1. The molecular formula is C16H21NO2. The highest BCUT2D eigenvalue weighted by Gasteiger charge is 2.59. The second-order valence-electron chi connectivity index (χ2n) is 6.35. The molecule has 2 saturated heterocycles. The molecule has 1 aromatic rings. The predicted octanol–water partition coefficient (Wildman–Crippen LogP) is 2.72. The molecule has 4 rings (SSSR count). The maximum atomic E-state index is 11.6. The standard InChI is InChI=1S/C16H21NO2/c1-11(2)14(15(18)19)17-10-12-8-16(17,9-12)13-6-4-3-5-7-13/h3-7,11-12,14H,8-10H2,1-2H3,(H,18,19)/t12?,14-,16?/m0/s1. The molecule has 3 nitrogen and oxygen atoms in total. The lowest BCUT2D eigenvalue weighted by Gasteiger charge is -2.45. The van der Waals surface area contributed by atoms with Gasteiger partial charge in [0.1, 0.15) is 6.04 Å². The Labute approximate surface area is 114 Å². The minimum atomic E-state index is -0.683. The van der Waals surface area contributed by atoms with Crippen molar-refractivity contribution in [3.63, 3.8) is 0 Å². The zero-order valence-corrected chi connectivity index (χ0v) is 11.5. The molecule has 3 fully saturated rings. The first-order valence-corrected chi connectivity index (χ1v) is 7.10. The highest BCUT2D eigenvalue weighted by Crippen LogP contribution is 2.58. The van der Waals surface area contributed by atoms with Gasteiger partial charge in [0.25, 0.3) is 0 Å². The van der Waals surface area contributed by atoms with Crippen LogP contribution in [0.1, 0.15) is 32.3 Å². The number of carboxylic acids is 1. The highest BCUT2D eigenvalue weighted by atomic mass is 16.4. The molecule has 2 heterocycles. The van der Waals surface area contributed by atoms with Crippen LogP contribution >= 0.6 is 0 Å². The van der Waals surface area contributed by atoms with Crippen molar-refractivity contribution < 1.29 is 9.90 Å². The van der Waals surface area contributed by atoms with Gasteiger partial charge in [0.15, 0.2) is 0 Å². The molecule has 0 amide bonds. The molecule has 0 unspecified atom stereocenters. The number of rotatable bonds is 4. The molecule has 1 atom stereocenters. The minimum Gasteiger partial charge on any atom is -0.480 e. The summed E-state index contributed by atoms with van der Waals surface area (Å²) < 4.78 is 0. The Bertz CT molecular complexity index is 477. The maximum Gasteiger partial charge on any atom is 0.321 e. The van der Waals surface area contributed by atoms with Crippen molar-refractivity contribution in [2.24, 2.45) is 11.8 Å². The normalized spacial score (nSPS) is 31.2. The van der Waals surface area contributed by atoms with Gasteiger partial charge in [-0.15, -0.1) is 0 Å². The van der Waals surface area contributed by atoms with Crippen LogP contribution in [0.5, 0.6) is 0 Å². The topological polar surface area (TPSA) is 40.5 Å². The van der Waals surface area contributed by atoms with Crippen molar-refractivity contribution in [1.29, 1.82) is 0 Å². The summed E-state index contributed by atoms with van der Waals surface area (Å²) in [4.78, 5) is 13.9. The van der Waals surface area contributed by atoms with Gasteiger partial charge in [-0.2, -0.15) is 0 Å². The van der Waals surface area contributed by atoms with E-state index in [2.05, 4.69) is 29.2 Å². The summed E-state index contributed by atoms with van der Waals surface area (Å²) in [5.74, 6) is 0.135. The Morgan fingerprint density at radius 2 is 1.95 bits per heavy atom. The summed E-state index contributed by atoms with van der Waals surface area (Å²) in [5.41, 5.74) is 1.27. The van der Waals surface area contributed by atoms with Gasteiger partial charge in [0, 0.05) is 12.1 Å². The van der Waals surface area contributed by atoms with E-state index in [-0.39, 0.29) is 17.5 Å². The minimum absolute atomic E-state index is 0.0146. The lowest BCUT2D eigenvalue weighted by Crippen LogP contribution is -2.52. The van der Waals surface area contributed by atoms with Crippen molar-refractivity contribution in [2.75, 3.05) is 6.54 Å². The zero-order valence-electron chi connectivity index (χ0n) is 11.5. The third kappa shape index (κ3) is 1.79. The van der Waals surface area contributed by atoms with Gasteiger partial charge in [0.05, 0.1) is 0 Å². The number of carboxylic acid groups (broad SMARTS) is 1. The molecule has 0 aromatic heterocycles. The largest absolute Gasteiger partial charge is 0.480 e. The van der Waals surface area contributed by atoms with E-state index in [9.17, 15) is 9.90 Å². The fraction of sp³-hybridized carbons (Fsp3) is 0.562. The van der Waals surface area contributed by atoms with E-state index in [1.165, 1.54) is 5.56 Å². The average molecular weight is 259 g/mol. The summed E-state index contributed by atoms with van der Waals surface area (Å²) in [7, 11) is 0. The molecule has 19 heavy (non-hydrogen) atoms. The quantitative estimate of drug-likeness (QED) is 0.904. The first-order chi connectivity index (χ1) is 9.04. The molecule has 1 saturated carbocycles. The van der Waals surface area contributed by atoms with Crippen molar-refractivity contribution >= 4 is 5.97 Å². The second-order valence-corrected chi connectivity index (χ2v) is 6.35. The van der Waals surface area contributed by atoms with E-state index >= 15 is 0 Å². The number of fused-ring (bicyclic) bond motifs is 1. The molecule has 0 spiro atoms. The lowest BCUT2D eigenvalue weighted by atomic mass is 9.69. The van der Waals surface area contributed by atoms with Gasteiger partial charge < -0.3 is 5.11 Å². The van der Waals surface area contributed by atoms with Gasteiger partial charge >= 0.3 is 5.97 Å². The van der Waals surface area contributed by atoms with E-state index in [4.69, 9.17) is 0 Å².